The molecule has 3 N–H and O–H groups in total. The van der Waals surface area contributed by atoms with Crippen LogP contribution in [0.4, 0.5) is 5.69 Å². The molecule has 6 nitrogen and oxygen atoms in total. The lowest BCUT2D eigenvalue weighted by molar-refractivity contribution is 0.0996. The Morgan fingerprint density at radius 1 is 1.21 bits per heavy atom. The summed E-state index contributed by atoms with van der Waals surface area (Å²) in [6.07, 6.45) is 3.71. The Kier molecular flexibility index (Phi) is 7.67. The molecule has 0 spiro atoms. The first-order valence-electron chi connectivity index (χ1n) is 9.68. The topological polar surface area (TPSA) is 78.7 Å². The molecular formula is C22H32N4O2. The number of carbonyl (C=O) groups is 1. The van der Waals surface area contributed by atoms with E-state index in [0.29, 0.717) is 18.0 Å². The minimum absolute atomic E-state index is 0.264. The molecule has 0 saturated heterocycles. The minimum Gasteiger partial charge on any atom is -0.459 e. The van der Waals surface area contributed by atoms with Crippen LogP contribution >= 0.6 is 0 Å². The van der Waals surface area contributed by atoms with E-state index in [1.54, 1.807) is 19.2 Å². The molecule has 1 amide bonds. The van der Waals surface area contributed by atoms with E-state index < -0.39 is 0 Å². The molecule has 1 atom stereocenters. The van der Waals surface area contributed by atoms with Crippen molar-refractivity contribution in [1.82, 2.24) is 10.6 Å². The van der Waals surface area contributed by atoms with Gasteiger partial charge in [0.1, 0.15) is 0 Å². The SMILES string of the molecule is CN=C(NCc1cccc(NC(=O)c2ccco2)c1)NC(C)CCC(C)(C)C. The van der Waals surface area contributed by atoms with Crippen molar-refractivity contribution in [2.45, 2.75) is 53.1 Å². The van der Waals surface area contributed by atoms with Crippen LogP contribution in [0.15, 0.2) is 52.1 Å². The van der Waals surface area contributed by atoms with Gasteiger partial charge in [-0.25, -0.2) is 0 Å². The van der Waals surface area contributed by atoms with Gasteiger partial charge in [-0.2, -0.15) is 0 Å². The lowest BCUT2D eigenvalue weighted by atomic mass is 9.89. The van der Waals surface area contributed by atoms with Gasteiger partial charge < -0.3 is 20.4 Å². The number of carbonyl (C=O) groups excluding carboxylic acids is 1. The first-order valence-corrected chi connectivity index (χ1v) is 9.68. The molecule has 1 unspecified atom stereocenters. The van der Waals surface area contributed by atoms with Gasteiger partial charge in [0.2, 0.25) is 0 Å². The van der Waals surface area contributed by atoms with Gasteiger partial charge in [-0.05, 0) is 55.0 Å². The molecule has 0 radical (unpaired) electrons. The molecule has 0 aliphatic carbocycles. The van der Waals surface area contributed by atoms with Gasteiger partial charge in [0.05, 0.1) is 6.26 Å². The maximum atomic E-state index is 12.1. The van der Waals surface area contributed by atoms with Crippen LogP contribution < -0.4 is 16.0 Å². The summed E-state index contributed by atoms with van der Waals surface area (Å²) in [5.74, 6) is 0.795. The number of hydrogen-bond donors (Lipinski definition) is 3. The van der Waals surface area contributed by atoms with E-state index in [0.717, 1.165) is 30.1 Å². The van der Waals surface area contributed by atoms with Crippen molar-refractivity contribution in [2.24, 2.45) is 10.4 Å². The summed E-state index contributed by atoms with van der Waals surface area (Å²) in [5.41, 5.74) is 2.10. The highest BCUT2D eigenvalue weighted by atomic mass is 16.3. The number of nitrogens with one attached hydrogen (secondary N) is 3. The summed E-state index contributed by atoms with van der Waals surface area (Å²) in [7, 11) is 1.77. The average Bonchev–Trinajstić information content (AvgIpc) is 3.18. The predicted molar refractivity (Wildman–Crippen MR) is 115 cm³/mol. The van der Waals surface area contributed by atoms with E-state index in [1.165, 1.54) is 6.26 Å². The molecule has 152 valence electrons. The molecule has 1 heterocycles. The van der Waals surface area contributed by atoms with Crippen LogP contribution in [-0.2, 0) is 6.54 Å². The van der Waals surface area contributed by atoms with Crippen LogP contribution in [0.5, 0.6) is 0 Å². The van der Waals surface area contributed by atoms with Crippen LogP contribution in [0.25, 0.3) is 0 Å². The summed E-state index contributed by atoms with van der Waals surface area (Å²) >= 11 is 0. The Bertz CT molecular complexity index is 776. The van der Waals surface area contributed by atoms with E-state index in [-0.39, 0.29) is 11.7 Å². The monoisotopic (exact) mass is 384 g/mol. The number of nitrogens with zero attached hydrogens (tertiary/aromatic N) is 1. The number of rotatable bonds is 7. The lowest BCUT2D eigenvalue weighted by Gasteiger charge is -2.23. The van der Waals surface area contributed by atoms with E-state index in [4.69, 9.17) is 4.42 Å². The molecule has 0 saturated carbocycles. The summed E-state index contributed by atoms with van der Waals surface area (Å²) < 4.78 is 5.12. The standard InChI is InChI=1S/C22H32N4O2/c1-16(11-12-22(2,3)4)25-21(23-5)24-15-17-8-6-9-18(14-17)26-20(27)19-10-7-13-28-19/h6-10,13-14,16H,11-12,15H2,1-5H3,(H,26,27)(H2,23,24,25). The molecule has 28 heavy (non-hydrogen) atoms. The van der Waals surface area contributed by atoms with Crippen molar-refractivity contribution >= 4 is 17.6 Å². The largest absolute Gasteiger partial charge is 0.459 e. The van der Waals surface area contributed by atoms with Crippen LogP contribution in [0, 0.1) is 5.41 Å². The third-order valence-corrected chi connectivity index (χ3v) is 4.32. The van der Waals surface area contributed by atoms with Crippen LogP contribution in [0.1, 0.15) is 56.7 Å². The van der Waals surface area contributed by atoms with Gasteiger partial charge in [0, 0.05) is 25.3 Å². The van der Waals surface area contributed by atoms with E-state index >= 15 is 0 Å². The van der Waals surface area contributed by atoms with Crippen LogP contribution in [0.2, 0.25) is 0 Å². The summed E-state index contributed by atoms with van der Waals surface area (Å²) in [4.78, 5) is 16.4. The van der Waals surface area contributed by atoms with Crippen LogP contribution in [0.3, 0.4) is 0 Å². The highest BCUT2D eigenvalue weighted by molar-refractivity contribution is 6.02. The number of anilines is 1. The number of amides is 1. The molecule has 0 bridgehead atoms. The third kappa shape index (κ3) is 7.47. The molecule has 1 aromatic heterocycles. The summed E-state index contributed by atoms with van der Waals surface area (Å²) in [5, 5.41) is 9.60. The molecule has 0 aliphatic rings. The summed E-state index contributed by atoms with van der Waals surface area (Å²) in [6.45, 7) is 9.54. The van der Waals surface area contributed by atoms with Crippen molar-refractivity contribution < 1.29 is 9.21 Å². The van der Waals surface area contributed by atoms with Crippen molar-refractivity contribution in [3.8, 4) is 0 Å². The fourth-order valence-electron chi connectivity index (χ4n) is 2.70. The first-order chi connectivity index (χ1) is 13.3. The smallest absolute Gasteiger partial charge is 0.291 e. The molecule has 0 aliphatic heterocycles. The van der Waals surface area contributed by atoms with Gasteiger partial charge in [0.25, 0.3) is 5.91 Å². The minimum atomic E-state index is -0.264. The van der Waals surface area contributed by atoms with Gasteiger partial charge in [-0.3, -0.25) is 9.79 Å². The second-order valence-electron chi connectivity index (χ2n) is 8.20. The lowest BCUT2D eigenvalue weighted by Crippen LogP contribution is -2.42. The number of benzene rings is 1. The highest BCUT2D eigenvalue weighted by Gasteiger charge is 2.13. The predicted octanol–water partition coefficient (Wildman–Crippen LogP) is 4.41. The number of aliphatic imine (C=N–C) groups is 1. The number of hydrogen-bond acceptors (Lipinski definition) is 3. The van der Waals surface area contributed by atoms with Gasteiger partial charge in [0.15, 0.2) is 11.7 Å². The molecule has 2 rings (SSSR count). The molecular weight excluding hydrogens is 352 g/mol. The van der Waals surface area contributed by atoms with Crippen molar-refractivity contribution in [1.29, 1.82) is 0 Å². The van der Waals surface area contributed by atoms with E-state index in [1.807, 2.05) is 24.3 Å². The zero-order valence-corrected chi connectivity index (χ0v) is 17.5. The quantitative estimate of drug-likeness (QED) is 0.488. The molecule has 0 fully saturated rings. The fourth-order valence-corrected chi connectivity index (χ4v) is 2.70. The first kappa shape index (κ1) is 21.5. The van der Waals surface area contributed by atoms with Crippen molar-refractivity contribution in [2.75, 3.05) is 12.4 Å². The molecule has 1 aromatic carbocycles. The Hall–Kier alpha value is -2.76. The highest BCUT2D eigenvalue weighted by Crippen LogP contribution is 2.21. The van der Waals surface area contributed by atoms with Gasteiger partial charge in [-0.15, -0.1) is 0 Å². The Morgan fingerprint density at radius 3 is 2.64 bits per heavy atom. The van der Waals surface area contributed by atoms with Gasteiger partial charge >= 0.3 is 0 Å². The fraction of sp³-hybridized carbons (Fsp3) is 0.455. The summed E-state index contributed by atoms with van der Waals surface area (Å²) in [6, 6.07) is 11.4. The second kappa shape index (κ2) is 9.97. The maximum absolute atomic E-state index is 12.1. The van der Waals surface area contributed by atoms with Crippen LogP contribution in [-0.4, -0.2) is 25.0 Å². The van der Waals surface area contributed by atoms with Gasteiger partial charge in [-0.1, -0.05) is 32.9 Å². The Labute approximate surface area is 167 Å². The normalized spacial score (nSPS) is 13.1. The third-order valence-electron chi connectivity index (χ3n) is 4.32. The Balaban J connectivity index is 1.86. The van der Waals surface area contributed by atoms with E-state index in [9.17, 15) is 4.79 Å². The molecule has 2 aromatic rings. The zero-order valence-electron chi connectivity index (χ0n) is 17.5. The number of guanidine groups is 1. The zero-order chi connectivity index (χ0) is 20.6. The van der Waals surface area contributed by atoms with Crippen molar-refractivity contribution in [3.63, 3.8) is 0 Å². The molecule has 6 heteroatoms. The van der Waals surface area contributed by atoms with Crippen molar-refractivity contribution in [3.05, 3.63) is 54.0 Å². The Morgan fingerprint density at radius 2 is 2.00 bits per heavy atom. The average molecular weight is 385 g/mol. The maximum Gasteiger partial charge on any atom is 0.291 e. The van der Waals surface area contributed by atoms with E-state index in [2.05, 4.69) is 48.6 Å². The second-order valence-corrected chi connectivity index (χ2v) is 8.20. The number of furan rings is 1.